The molecule has 1 aromatic carbocycles. The molecule has 0 aliphatic heterocycles. The quantitative estimate of drug-likeness (QED) is 0.632. The second-order valence-corrected chi connectivity index (χ2v) is 2.88. The number of aliphatic hydroxyl groups excluding tert-OH is 2. The first-order chi connectivity index (χ1) is 6.33. The number of benzene rings is 1. The van der Waals surface area contributed by atoms with Crippen LogP contribution in [-0.4, -0.2) is 29.6 Å². The Hall–Kier alpha value is -0.610. The van der Waals surface area contributed by atoms with Crippen LogP contribution in [0.15, 0.2) is 30.3 Å². The highest BCUT2D eigenvalue weighted by Crippen LogP contribution is 2.00. The number of nitrogens with one attached hydrogen (secondary N) is 1. The average molecular weight is 218 g/mol. The van der Waals surface area contributed by atoms with Gasteiger partial charge in [-0.2, -0.15) is 0 Å². The van der Waals surface area contributed by atoms with E-state index >= 15 is 0 Å². The van der Waals surface area contributed by atoms with Gasteiger partial charge in [0.1, 0.15) is 6.23 Å². The second-order valence-electron chi connectivity index (χ2n) is 2.88. The van der Waals surface area contributed by atoms with Gasteiger partial charge in [-0.1, -0.05) is 30.3 Å². The third-order valence-corrected chi connectivity index (χ3v) is 1.76. The minimum absolute atomic E-state index is 0. The largest absolute Gasteiger partial charge is 0.395 e. The highest BCUT2D eigenvalue weighted by molar-refractivity contribution is 5.85. The summed E-state index contributed by atoms with van der Waals surface area (Å²) >= 11 is 0. The molecule has 14 heavy (non-hydrogen) atoms. The van der Waals surface area contributed by atoms with Crippen LogP contribution >= 0.6 is 12.4 Å². The Kier molecular flexibility index (Phi) is 7.42. The van der Waals surface area contributed by atoms with Gasteiger partial charge in [0.15, 0.2) is 0 Å². The van der Waals surface area contributed by atoms with Crippen LogP contribution in [0, 0.1) is 0 Å². The Morgan fingerprint density at radius 3 is 2.43 bits per heavy atom. The molecule has 4 heteroatoms. The van der Waals surface area contributed by atoms with Crippen molar-refractivity contribution >= 4 is 12.4 Å². The average Bonchev–Trinajstić information content (AvgIpc) is 2.16. The lowest BCUT2D eigenvalue weighted by atomic mass is 10.1. The lowest BCUT2D eigenvalue weighted by molar-refractivity contribution is 0.128. The molecular weight excluding hydrogens is 202 g/mol. The maximum Gasteiger partial charge on any atom is 0.109 e. The molecule has 0 heterocycles. The monoisotopic (exact) mass is 217 g/mol. The van der Waals surface area contributed by atoms with E-state index < -0.39 is 6.23 Å². The minimum Gasteiger partial charge on any atom is -0.395 e. The summed E-state index contributed by atoms with van der Waals surface area (Å²) in [5, 5.41) is 20.7. The number of aliphatic hydroxyl groups is 2. The van der Waals surface area contributed by atoms with Crippen LogP contribution in [0.1, 0.15) is 5.56 Å². The summed E-state index contributed by atoms with van der Waals surface area (Å²) in [5.74, 6) is 0. The molecule has 0 saturated carbocycles. The first-order valence-corrected chi connectivity index (χ1v) is 4.39. The second kappa shape index (κ2) is 7.76. The predicted octanol–water partition coefficient (Wildman–Crippen LogP) is 0.551. The maximum absolute atomic E-state index is 9.41. The third-order valence-electron chi connectivity index (χ3n) is 1.76. The lowest BCUT2D eigenvalue weighted by Crippen LogP contribution is -2.32. The van der Waals surface area contributed by atoms with E-state index in [4.69, 9.17) is 5.11 Å². The van der Waals surface area contributed by atoms with Crippen molar-refractivity contribution in [3.8, 4) is 0 Å². The standard InChI is InChI=1S/C10H15NO2.ClH/c12-7-6-11-10(13)8-9-4-2-1-3-5-9;/h1-5,10-13H,6-8H2;1H. The first-order valence-electron chi connectivity index (χ1n) is 4.39. The number of halogens is 1. The van der Waals surface area contributed by atoms with Gasteiger partial charge in [-0.3, -0.25) is 5.32 Å². The van der Waals surface area contributed by atoms with Gasteiger partial charge in [-0.05, 0) is 5.56 Å². The van der Waals surface area contributed by atoms with Crippen molar-refractivity contribution in [3.05, 3.63) is 35.9 Å². The van der Waals surface area contributed by atoms with Gasteiger partial charge in [-0.15, -0.1) is 12.4 Å². The molecule has 0 saturated heterocycles. The summed E-state index contributed by atoms with van der Waals surface area (Å²) in [5.41, 5.74) is 1.08. The minimum atomic E-state index is -0.574. The zero-order chi connectivity index (χ0) is 9.52. The van der Waals surface area contributed by atoms with E-state index in [0.717, 1.165) is 5.56 Å². The van der Waals surface area contributed by atoms with Crippen LogP contribution in [0.25, 0.3) is 0 Å². The van der Waals surface area contributed by atoms with E-state index in [-0.39, 0.29) is 19.0 Å². The van der Waals surface area contributed by atoms with Crippen LogP contribution in [-0.2, 0) is 6.42 Å². The summed E-state index contributed by atoms with van der Waals surface area (Å²) in [7, 11) is 0. The normalized spacial score (nSPS) is 11.9. The molecule has 0 amide bonds. The van der Waals surface area contributed by atoms with E-state index in [1.807, 2.05) is 30.3 Å². The highest BCUT2D eigenvalue weighted by Gasteiger charge is 2.02. The fourth-order valence-corrected chi connectivity index (χ4v) is 1.14. The smallest absolute Gasteiger partial charge is 0.109 e. The van der Waals surface area contributed by atoms with Gasteiger partial charge >= 0.3 is 0 Å². The van der Waals surface area contributed by atoms with Crippen molar-refractivity contribution in [1.29, 1.82) is 0 Å². The SMILES string of the molecule is Cl.OCCNC(O)Cc1ccccc1. The molecule has 0 fully saturated rings. The number of hydrogen-bond acceptors (Lipinski definition) is 3. The van der Waals surface area contributed by atoms with Gasteiger partial charge in [0.25, 0.3) is 0 Å². The Balaban J connectivity index is 0.00000169. The van der Waals surface area contributed by atoms with Crippen LogP contribution in [0.4, 0.5) is 0 Å². The molecule has 0 spiro atoms. The molecule has 80 valence electrons. The topological polar surface area (TPSA) is 52.5 Å². The first kappa shape index (κ1) is 13.4. The van der Waals surface area contributed by atoms with E-state index in [9.17, 15) is 5.11 Å². The van der Waals surface area contributed by atoms with Crippen LogP contribution < -0.4 is 5.32 Å². The van der Waals surface area contributed by atoms with Crippen molar-refractivity contribution in [3.63, 3.8) is 0 Å². The Morgan fingerprint density at radius 2 is 1.86 bits per heavy atom. The maximum atomic E-state index is 9.41. The Bertz CT molecular complexity index is 231. The van der Waals surface area contributed by atoms with Gasteiger partial charge in [0, 0.05) is 13.0 Å². The van der Waals surface area contributed by atoms with Crippen molar-refractivity contribution in [2.45, 2.75) is 12.6 Å². The fourth-order valence-electron chi connectivity index (χ4n) is 1.14. The Morgan fingerprint density at radius 1 is 1.21 bits per heavy atom. The van der Waals surface area contributed by atoms with Gasteiger partial charge in [-0.25, -0.2) is 0 Å². The van der Waals surface area contributed by atoms with Crippen LogP contribution in [0.3, 0.4) is 0 Å². The van der Waals surface area contributed by atoms with Crippen molar-refractivity contribution < 1.29 is 10.2 Å². The molecule has 3 nitrogen and oxygen atoms in total. The summed E-state index contributed by atoms with van der Waals surface area (Å²) in [6, 6.07) is 9.74. The van der Waals surface area contributed by atoms with E-state index in [1.54, 1.807) is 0 Å². The van der Waals surface area contributed by atoms with E-state index in [1.165, 1.54) is 0 Å². The van der Waals surface area contributed by atoms with Gasteiger partial charge in [0.2, 0.25) is 0 Å². The molecule has 1 rings (SSSR count). The van der Waals surface area contributed by atoms with E-state index in [2.05, 4.69) is 5.32 Å². The number of rotatable bonds is 5. The third kappa shape index (κ3) is 5.19. The summed E-state index contributed by atoms with van der Waals surface area (Å²) in [6.07, 6.45) is -0.00421. The molecule has 1 atom stereocenters. The molecule has 0 aliphatic rings. The summed E-state index contributed by atoms with van der Waals surface area (Å²) < 4.78 is 0. The lowest BCUT2D eigenvalue weighted by Gasteiger charge is -2.11. The van der Waals surface area contributed by atoms with Crippen LogP contribution in [0.5, 0.6) is 0 Å². The van der Waals surface area contributed by atoms with Crippen molar-refractivity contribution in [1.82, 2.24) is 5.32 Å². The molecule has 3 N–H and O–H groups in total. The molecule has 1 unspecified atom stereocenters. The van der Waals surface area contributed by atoms with Gasteiger partial charge < -0.3 is 10.2 Å². The molecular formula is C10H16ClNO2. The zero-order valence-electron chi connectivity index (χ0n) is 7.89. The van der Waals surface area contributed by atoms with Crippen molar-refractivity contribution in [2.24, 2.45) is 0 Å². The van der Waals surface area contributed by atoms with Gasteiger partial charge in [0.05, 0.1) is 6.61 Å². The van der Waals surface area contributed by atoms with Crippen LogP contribution in [0.2, 0.25) is 0 Å². The highest BCUT2D eigenvalue weighted by atomic mass is 35.5. The molecule has 0 aromatic heterocycles. The fraction of sp³-hybridized carbons (Fsp3) is 0.400. The van der Waals surface area contributed by atoms with Crippen molar-refractivity contribution in [2.75, 3.05) is 13.2 Å². The molecule has 0 aliphatic carbocycles. The Labute approximate surface area is 90.2 Å². The zero-order valence-corrected chi connectivity index (χ0v) is 8.70. The van der Waals surface area contributed by atoms with E-state index in [0.29, 0.717) is 13.0 Å². The number of hydrogen-bond donors (Lipinski definition) is 3. The summed E-state index contributed by atoms with van der Waals surface area (Å²) in [6.45, 7) is 0.472. The predicted molar refractivity (Wildman–Crippen MR) is 58.5 cm³/mol. The summed E-state index contributed by atoms with van der Waals surface area (Å²) in [4.78, 5) is 0. The molecule has 0 bridgehead atoms. The molecule has 1 aromatic rings. The molecule has 0 radical (unpaired) electrons.